The molecule has 118 valence electrons. The minimum Gasteiger partial charge on any atom is -0.378 e. The van der Waals surface area contributed by atoms with Gasteiger partial charge in [0.15, 0.2) is 0 Å². The first kappa shape index (κ1) is 15.3. The van der Waals surface area contributed by atoms with E-state index in [2.05, 4.69) is 0 Å². The van der Waals surface area contributed by atoms with Crippen LogP contribution in [0.1, 0.15) is 15.9 Å². The van der Waals surface area contributed by atoms with Crippen LogP contribution in [0.25, 0.3) is 0 Å². The van der Waals surface area contributed by atoms with E-state index < -0.39 is 0 Å². The van der Waals surface area contributed by atoms with Gasteiger partial charge in [0.05, 0.1) is 25.2 Å². The number of carbonyl (C=O) groups is 2. The number of likely N-dealkylation sites (N-methyl/N-ethyl adjacent to an activating group) is 1. The highest BCUT2D eigenvalue weighted by Crippen LogP contribution is 2.24. The molecule has 0 unspecified atom stereocenters. The summed E-state index contributed by atoms with van der Waals surface area (Å²) in [6, 6.07) is 5.24. The molecule has 2 saturated heterocycles. The van der Waals surface area contributed by atoms with Crippen molar-refractivity contribution < 1.29 is 14.3 Å². The van der Waals surface area contributed by atoms with Crippen molar-refractivity contribution in [2.45, 2.75) is 13.0 Å². The standard InChI is InChI=1S/C16H19ClN2O3/c1-10-13(4-3-5-14(10)17)16(21)19-6-11-8-22-9-12(7-19)18(2)15(11)20/h3-5,11-12H,6-9H2,1-2H3/t11-,12+/m1/s1. The number of ether oxygens (including phenoxy) is 1. The molecule has 1 aromatic carbocycles. The molecular weight excluding hydrogens is 304 g/mol. The molecule has 6 heteroatoms. The fraction of sp³-hybridized carbons (Fsp3) is 0.500. The molecule has 0 N–H and O–H groups in total. The number of amides is 2. The fourth-order valence-electron chi connectivity index (χ4n) is 3.07. The molecule has 3 rings (SSSR count). The van der Waals surface area contributed by atoms with Crippen LogP contribution in [0.4, 0.5) is 0 Å². The Morgan fingerprint density at radius 3 is 2.86 bits per heavy atom. The van der Waals surface area contributed by atoms with Crippen LogP contribution in [0.3, 0.4) is 0 Å². The lowest BCUT2D eigenvalue weighted by Gasteiger charge is -2.29. The maximum absolute atomic E-state index is 12.9. The molecule has 0 aromatic heterocycles. The number of rotatable bonds is 1. The number of benzene rings is 1. The molecule has 0 saturated carbocycles. The molecule has 2 fully saturated rings. The van der Waals surface area contributed by atoms with Gasteiger partial charge in [-0.2, -0.15) is 0 Å². The topological polar surface area (TPSA) is 49.9 Å². The Morgan fingerprint density at radius 1 is 1.32 bits per heavy atom. The first-order valence-corrected chi connectivity index (χ1v) is 7.75. The Bertz CT molecular complexity index is 619. The van der Waals surface area contributed by atoms with E-state index in [1.54, 1.807) is 35.0 Å². The normalized spacial score (nSPS) is 25.1. The molecule has 2 aliphatic heterocycles. The van der Waals surface area contributed by atoms with E-state index in [-0.39, 0.29) is 23.8 Å². The highest BCUT2D eigenvalue weighted by molar-refractivity contribution is 6.31. The molecule has 2 atom stereocenters. The molecule has 22 heavy (non-hydrogen) atoms. The second-order valence-electron chi connectivity index (χ2n) is 5.96. The van der Waals surface area contributed by atoms with E-state index in [0.717, 1.165) is 5.56 Å². The van der Waals surface area contributed by atoms with Crippen molar-refractivity contribution in [2.75, 3.05) is 33.4 Å². The van der Waals surface area contributed by atoms with E-state index in [0.29, 0.717) is 36.9 Å². The zero-order valence-corrected chi connectivity index (χ0v) is 13.5. The lowest BCUT2D eigenvalue weighted by Crippen LogP contribution is -2.45. The minimum absolute atomic E-state index is 0.0561. The summed E-state index contributed by atoms with van der Waals surface area (Å²) in [4.78, 5) is 28.7. The van der Waals surface area contributed by atoms with E-state index in [1.807, 2.05) is 6.92 Å². The molecular formula is C16H19ClN2O3. The molecule has 2 aliphatic rings. The van der Waals surface area contributed by atoms with Crippen LogP contribution in [0.2, 0.25) is 5.02 Å². The highest BCUT2D eigenvalue weighted by atomic mass is 35.5. The molecule has 0 radical (unpaired) electrons. The van der Waals surface area contributed by atoms with Gasteiger partial charge in [-0.05, 0) is 24.6 Å². The first-order valence-electron chi connectivity index (χ1n) is 7.38. The predicted octanol–water partition coefficient (Wildman–Crippen LogP) is 1.58. The monoisotopic (exact) mass is 322 g/mol. The van der Waals surface area contributed by atoms with Crippen molar-refractivity contribution in [1.82, 2.24) is 9.80 Å². The quantitative estimate of drug-likeness (QED) is 0.788. The zero-order valence-electron chi connectivity index (χ0n) is 12.7. The lowest BCUT2D eigenvalue weighted by molar-refractivity contribution is -0.133. The fourth-order valence-corrected chi connectivity index (χ4v) is 3.25. The van der Waals surface area contributed by atoms with Crippen LogP contribution >= 0.6 is 11.6 Å². The Balaban J connectivity index is 1.90. The third kappa shape index (κ3) is 2.59. The average Bonchev–Trinajstić information content (AvgIpc) is 2.67. The van der Waals surface area contributed by atoms with Crippen molar-refractivity contribution in [3.8, 4) is 0 Å². The minimum atomic E-state index is -0.291. The number of nitrogens with zero attached hydrogens (tertiary/aromatic N) is 2. The molecule has 0 aliphatic carbocycles. The second-order valence-corrected chi connectivity index (χ2v) is 6.37. The van der Waals surface area contributed by atoms with Gasteiger partial charge in [0, 0.05) is 30.7 Å². The van der Waals surface area contributed by atoms with Crippen LogP contribution in [0.15, 0.2) is 18.2 Å². The largest absolute Gasteiger partial charge is 0.378 e. The van der Waals surface area contributed by atoms with Crippen LogP contribution in [0.5, 0.6) is 0 Å². The summed E-state index contributed by atoms with van der Waals surface area (Å²) in [6.45, 7) is 3.57. The van der Waals surface area contributed by atoms with E-state index in [1.165, 1.54) is 0 Å². The van der Waals surface area contributed by atoms with Crippen LogP contribution < -0.4 is 0 Å². The van der Waals surface area contributed by atoms with Gasteiger partial charge in [0.2, 0.25) is 5.91 Å². The van der Waals surface area contributed by atoms with Gasteiger partial charge in [0.1, 0.15) is 0 Å². The summed E-state index contributed by atoms with van der Waals surface area (Å²) in [5.74, 6) is -0.304. The van der Waals surface area contributed by atoms with Crippen molar-refractivity contribution in [2.24, 2.45) is 5.92 Å². The molecule has 2 heterocycles. The van der Waals surface area contributed by atoms with Crippen LogP contribution in [0, 0.1) is 12.8 Å². The van der Waals surface area contributed by atoms with E-state index >= 15 is 0 Å². The average molecular weight is 323 g/mol. The van der Waals surface area contributed by atoms with Crippen molar-refractivity contribution in [1.29, 1.82) is 0 Å². The predicted molar refractivity (Wildman–Crippen MR) is 83.0 cm³/mol. The Labute approximate surface area is 134 Å². The number of fused-ring (bicyclic) bond motifs is 3. The maximum Gasteiger partial charge on any atom is 0.254 e. The van der Waals surface area contributed by atoms with Gasteiger partial charge in [-0.1, -0.05) is 17.7 Å². The lowest BCUT2D eigenvalue weighted by atomic mass is 10.1. The Morgan fingerprint density at radius 2 is 2.09 bits per heavy atom. The van der Waals surface area contributed by atoms with Gasteiger partial charge < -0.3 is 14.5 Å². The maximum atomic E-state index is 12.9. The first-order chi connectivity index (χ1) is 10.5. The summed E-state index contributed by atoms with van der Waals surface area (Å²) in [7, 11) is 1.79. The molecule has 2 amide bonds. The van der Waals surface area contributed by atoms with Crippen LogP contribution in [-0.2, 0) is 9.53 Å². The number of hydrogen-bond donors (Lipinski definition) is 0. The summed E-state index contributed by atoms with van der Waals surface area (Å²) in [6.07, 6.45) is 0. The van der Waals surface area contributed by atoms with Crippen molar-refractivity contribution in [3.63, 3.8) is 0 Å². The van der Waals surface area contributed by atoms with Gasteiger partial charge in [-0.15, -0.1) is 0 Å². The third-order valence-electron chi connectivity index (χ3n) is 4.53. The number of halogens is 1. The SMILES string of the molecule is Cc1c(Cl)cccc1C(=O)N1C[C@@H]2COC[C@H](C1)N(C)C2=O. The molecule has 1 aromatic rings. The molecule has 5 nitrogen and oxygen atoms in total. The summed E-state index contributed by atoms with van der Waals surface area (Å²) in [5, 5.41) is 0.581. The summed E-state index contributed by atoms with van der Waals surface area (Å²) >= 11 is 6.12. The summed E-state index contributed by atoms with van der Waals surface area (Å²) < 4.78 is 5.56. The molecule has 2 bridgehead atoms. The zero-order chi connectivity index (χ0) is 15.9. The Kier molecular flexibility index (Phi) is 4.10. The smallest absolute Gasteiger partial charge is 0.254 e. The Hall–Kier alpha value is -1.59. The van der Waals surface area contributed by atoms with Gasteiger partial charge >= 0.3 is 0 Å². The van der Waals surface area contributed by atoms with Crippen LogP contribution in [-0.4, -0.2) is 61.0 Å². The van der Waals surface area contributed by atoms with Gasteiger partial charge in [0.25, 0.3) is 5.91 Å². The van der Waals surface area contributed by atoms with Gasteiger partial charge in [-0.25, -0.2) is 0 Å². The highest BCUT2D eigenvalue weighted by Gasteiger charge is 2.39. The van der Waals surface area contributed by atoms with E-state index in [9.17, 15) is 9.59 Å². The van der Waals surface area contributed by atoms with Crippen molar-refractivity contribution in [3.05, 3.63) is 34.3 Å². The van der Waals surface area contributed by atoms with E-state index in [4.69, 9.17) is 16.3 Å². The summed E-state index contributed by atoms with van der Waals surface area (Å²) in [5.41, 5.74) is 1.38. The van der Waals surface area contributed by atoms with Gasteiger partial charge in [-0.3, -0.25) is 9.59 Å². The van der Waals surface area contributed by atoms with Crippen molar-refractivity contribution >= 4 is 23.4 Å². The number of carbonyl (C=O) groups excluding carboxylic acids is 2. The number of hydrogen-bond acceptors (Lipinski definition) is 3. The third-order valence-corrected chi connectivity index (χ3v) is 4.94. The molecule has 0 spiro atoms. The second kappa shape index (κ2) is 5.89.